The van der Waals surface area contributed by atoms with Crippen LogP contribution < -0.4 is 10.1 Å². The summed E-state index contributed by atoms with van der Waals surface area (Å²) >= 11 is 3.49. The number of ether oxygens (including phenoxy) is 2. The van der Waals surface area contributed by atoms with E-state index in [-0.39, 0.29) is 18.1 Å². The van der Waals surface area contributed by atoms with Crippen LogP contribution in [-0.2, 0) is 4.74 Å². The highest BCUT2D eigenvalue weighted by Gasteiger charge is 2.37. The van der Waals surface area contributed by atoms with Crippen molar-refractivity contribution in [2.75, 3.05) is 33.5 Å². The van der Waals surface area contributed by atoms with Crippen molar-refractivity contribution in [1.29, 1.82) is 0 Å². The summed E-state index contributed by atoms with van der Waals surface area (Å²) in [5.74, 6) is 0.829. The molecule has 1 aliphatic rings. The van der Waals surface area contributed by atoms with Crippen LogP contribution in [0, 0.1) is 5.41 Å². The third-order valence-electron chi connectivity index (χ3n) is 3.61. The van der Waals surface area contributed by atoms with E-state index in [0.717, 1.165) is 16.8 Å². The molecular weight excluding hydrogens is 310 g/mol. The number of benzene rings is 1. The second-order valence-electron chi connectivity index (χ2n) is 5.15. The summed E-state index contributed by atoms with van der Waals surface area (Å²) in [7, 11) is 1.66. The Morgan fingerprint density at radius 2 is 2.26 bits per heavy atom. The molecule has 0 spiro atoms. The summed E-state index contributed by atoms with van der Waals surface area (Å²) in [6.45, 7) is 4.30. The molecular formula is C14H20BrNO3. The van der Waals surface area contributed by atoms with E-state index in [0.29, 0.717) is 13.2 Å². The smallest absolute Gasteiger partial charge is 0.133 e. The number of aliphatic hydroxyl groups excluding tert-OH is 1. The fraction of sp³-hybridized carbons (Fsp3) is 0.571. The van der Waals surface area contributed by atoms with Gasteiger partial charge in [0.25, 0.3) is 0 Å². The molecule has 1 atom stereocenters. The highest BCUT2D eigenvalue weighted by molar-refractivity contribution is 9.10. The van der Waals surface area contributed by atoms with E-state index < -0.39 is 0 Å². The Morgan fingerprint density at radius 1 is 1.53 bits per heavy atom. The van der Waals surface area contributed by atoms with E-state index in [2.05, 4.69) is 34.2 Å². The number of nitrogens with one attached hydrogen (secondary N) is 1. The monoisotopic (exact) mass is 329 g/mol. The van der Waals surface area contributed by atoms with Crippen molar-refractivity contribution in [1.82, 2.24) is 5.32 Å². The zero-order chi connectivity index (χ0) is 13.9. The van der Waals surface area contributed by atoms with Gasteiger partial charge in [0, 0.05) is 12.6 Å². The van der Waals surface area contributed by atoms with E-state index in [1.54, 1.807) is 7.11 Å². The molecule has 1 aromatic carbocycles. The van der Waals surface area contributed by atoms with Crippen LogP contribution in [0.3, 0.4) is 0 Å². The molecule has 2 N–H and O–H groups in total. The van der Waals surface area contributed by atoms with Crippen molar-refractivity contribution >= 4 is 15.9 Å². The first-order valence-corrected chi connectivity index (χ1v) is 7.15. The summed E-state index contributed by atoms with van der Waals surface area (Å²) < 4.78 is 11.4. The van der Waals surface area contributed by atoms with Crippen LogP contribution in [0.1, 0.15) is 18.5 Å². The molecule has 0 radical (unpaired) electrons. The Labute approximate surface area is 122 Å². The van der Waals surface area contributed by atoms with Gasteiger partial charge in [-0.25, -0.2) is 0 Å². The molecule has 1 unspecified atom stereocenters. The topological polar surface area (TPSA) is 50.7 Å². The highest BCUT2D eigenvalue weighted by Crippen LogP contribution is 2.29. The molecule has 0 aromatic heterocycles. The van der Waals surface area contributed by atoms with Gasteiger partial charge < -0.3 is 19.9 Å². The molecule has 0 saturated carbocycles. The molecule has 106 valence electrons. The maximum atomic E-state index is 9.39. The number of halogens is 1. The van der Waals surface area contributed by atoms with Crippen LogP contribution in [0.25, 0.3) is 0 Å². The molecule has 1 fully saturated rings. The Bertz CT molecular complexity index is 429. The molecule has 19 heavy (non-hydrogen) atoms. The highest BCUT2D eigenvalue weighted by atomic mass is 79.9. The van der Waals surface area contributed by atoms with Gasteiger partial charge in [0.2, 0.25) is 0 Å². The van der Waals surface area contributed by atoms with Gasteiger partial charge in [-0.1, -0.05) is 6.07 Å². The first kappa shape index (κ1) is 14.8. The van der Waals surface area contributed by atoms with Gasteiger partial charge in [0.05, 0.1) is 36.8 Å². The number of rotatable bonds is 6. The van der Waals surface area contributed by atoms with Gasteiger partial charge >= 0.3 is 0 Å². The van der Waals surface area contributed by atoms with Crippen LogP contribution in [0.4, 0.5) is 0 Å². The van der Waals surface area contributed by atoms with Gasteiger partial charge in [0.1, 0.15) is 5.75 Å². The number of hydrogen-bond donors (Lipinski definition) is 2. The maximum absolute atomic E-state index is 9.39. The molecule has 2 rings (SSSR count). The minimum Gasteiger partial charge on any atom is -0.496 e. The summed E-state index contributed by atoms with van der Waals surface area (Å²) in [6, 6.07) is 6.27. The van der Waals surface area contributed by atoms with E-state index in [9.17, 15) is 5.11 Å². The van der Waals surface area contributed by atoms with E-state index in [4.69, 9.17) is 9.47 Å². The largest absolute Gasteiger partial charge is 0.496 e. The van der Waals surface area contributed by atoms with Crippen molar-refractivity contribution in [2.45, 2.75) is 13.0 Å². The van der Waals surface area contributed by atoms with Gasteiger partial charge in [-0.2, -0.15) is 0 Å². The van der Waals surface area contributed by atoms with Crippen molar-refractivity contribution in [3.8, 4) is 5.75 Å². The average Bonchev–Trinajstić information content (AvgIpc) is 2.37. The Balaban J connectivity index is 1.96. The van der Waals surface area contributed by atoms with Crippen LogP contribution >= 0.6 is 15.9 Å². The van der Waals surface area contributed by atoms with Crippen molar-refractivity contribution in [2.24, 2.45) is 5.41 Å². The third kappa shape index (κ3) is 3.28. The SMILES string of the molecule is COc1ccc(C(C)NCC2(CO)COC2)cc1Br. The molecule has 4 nitrogen and oxygen atoms in total. The fourth-order valence-corrected chi connectivity index (χ4v) is 2.64. The zero-order valence-electron chi connectivity index (χ0n) is 11.3. The normalized spacial score (nSPS) is 18.7. The van der Waals surface area contributed by atoms with Crippen LogP contribution in [0.15, 0.2) is 22.7 Å². The van der Waals surface area contributed by atoms with Crippen LogP contribution in [0.2, 0.25) is 0 Å². The summed E-state index contributed by atoms with van der Waals surface area (Å²) in [6.07, 6.45) is 0. The van der Waals surface area contributed by atoms with Crippen molar-refractivity contribution in [3.63, 3.8) is 0 Å². The first-order valence-electron chi connectivity index (χ1n) is 6.36. The van der Waals surface area contributed by atoms with Crippen LogP contribution in [0.5, 0.6) is 5.75 Å². The molecule has 5 heteroatoms. The number of hydrogen-bond acceptors (Lipinski definition) is 4. The number of methoxy groups -OCH3 is 1. The summed E-state index contributed by atoms with van der Waals surface area (Å²) in [5.41, 5.74) is 1.08. The van der Waals surface area contributed by atoms with Crippen molar-refractivity contribution < 1.29 is 14.6 Å². The molecule has 1 heterocycles. The van der Waals surface area contributed by atoms with Gasteiger partial charge in [0.15, 0.2) is 0 Å². The van der Waals surface area contributed by atoms with Gasteiger partial charge in [-0.15, -0.1) is 0 Å². The quantitative estimate of drug-likeness (QED) is 0.839. The van der Waals surface area contributed by atoms with Gasteiger partial charge in [-0.05, 0) is 40.5 Å². The maximum Gasteiger partial charge on any atom is 0.133 e. The summed E-state index contributed by atoms with van der Waals surface area (Å²) in [4.78, 5) is 0. The lowest BCUT2D eigenvalue weighted by Gasteiger charge is -2.40. The number of aliphatic hydroxyl groups is 1. The van der Waals surface area contributed by atoms with E-state index in [1.807, 2.05) is 12.1 Å². The molecule has 1 aromatic rings. The lowest BCUT2D eigenvalue weighted by molar-refractivity contribution is -0.135. The lowest BCUT2D eigenvalue weighted by Crippen LogP contribution is -2.52. The van der Waals surface area contributed by atoms with Crippen molar-refractivity contribution in [3.05, 3.63) is 28.2 Å². The minimum absolute atomic E-state index is 0.0992. The van der Waals surface area contributed by atoms with Crippen LogP contribution in [-0.4, -0.2) is 38.6 Å². The standard InChI is InChI=1S/C14H20BrNO3/c1-10(16-6-14(7-17)8-19-9-14)11-3-4-13(18-2)12(15)5-11/h3-5,10,16-17H,6-9H2,1-2H3. The Kier molecular flexibility index (Phi) is 4.84. The lowest BCUT2D eigenvalue weighted by atomic mass is 9.86. The molecule has 1 saturated heterocycles. The van der Waals surface area contributed by atoms with E-state index >= 15 is 0 Å². The first-order chi connectivity index (χ1) is 9.10. The fourth-order valence-electron chi connectivity index (χ4n) is 2.08. The Hall–Kier alpha value is -0.620. The predicted octanol–water partition coefficient (Wildman–Crippen LogP) is 2.12. The van der Waals surface area contributed by atoms with E-state index in [1.165, 1.54) is 5.56 Å². The molecule has 0 bridgehead atoms. The average molecular weight is 330 g/mol. The van der Waals surface area contributed by atoms with Gasteiger partial charge in [-0.3, -0.25) is 0 Å². The summed E-state index contributed by atoms with van der Waals surface area (Å²) in [5, 5.41) is 12.8. The second kappa shape index (κ2) is 6.22. The second-order valence-corrected chi connectivity index (χ2v) is 6.00. The molecule has 0 amide bonds. The molecule has 1 aliphatic heterocycles. The third-order valence-corrected chi connectivity index (χ3v) is 4.23. The molecule has 0 aliphatic carbocycles. The predicted molar refractivity (Wildman–Crippen MR) is 77.4 cm³/mol. The zero-order valence-corrected chi connectivity index (χ0v) is 12.9. The minimum atomic E-state index is -0.0992. The Morgan fingerprint density at radius 3 is 2.74 bits per heavy atom.